The second kappa shape index (κ2) is 8.61. The quantitative estimate of drug-likeness (QED) is 0.840. The summed E-state index contributed by atoms with van der Waals surface area (Å²) in [4.78, 5) is 27.6. The van der Waals surface area contributed by atoms with Crippen LogP contribution in [0.4, 0.5) is 0 Å². The highest BCUT2D eigenvalue weighted by atomic mass is 16.4. The van der Waals surface area contributed by atoms with Crippen molar-refractivity contribution in [3.8, 4) is 0 Å². The summed E-state index contributed by atoms with van der Waals surface area (Å²) in [7, 11) is 0. The molecular formula is C20H29N5O2. The van der Waals surface area contributed by atoms with Crippen molar-refractivity contribution in [2.45, 2.75) is 53.0 Å². The van der Waals surface area contributed by atoms with E-state index in [0.717, 1.165) is 55.5 Å². The fraction of sp³-hybridized carbons (Fsp3) is 0.600. The molecule has 2 aromatic rings. The standard InChI is InChI=1S/C20H29N5O2/c1-13(2)19-17(10-21-12-23-19)20(26)22-9-16-5-7-25(8-6-16)11-18-24-14(3)15(4)27-18/h10,12-13,16H,5-9,11H2,1-4H3,(H,22,26). The van der Waals surface area contributed by atoms with Crippen LogP contribution in [-0.2, 0) is 6.54 Å². The van der Waals surface area contributed by atoms with Crippen LogP contribution in [-0.4, -0.2) is 45.4 Å². The zero-order valence-corrected chi connectivity index (χ0v) is 16.7. The highest BCUT2D eigenvalue weighted by Crippen LogP contribution is 2.20. The van der Waals surface area contributed by atoms with Gasteiger partial charge in [0.1, 0.15) is 12.1 Å². The normalized spacial score (nSPS) is 16.0. The molecule has 1 saturated heterocycles. The minimum Gasteiger partial charge on any atom is -0.444 e. The van der Waals surface area contributed by atoms with Crippen molar-refractivity contribution >= 4 is 5.91 Å². The number of aryl methyl sites for hydroxylation is 2. The summed E-state index contributed by atoms with van der Waals surface area (Å²) >= 11 is 0. The van der Waals surface area contributed by atoms with Crippen LogP contribution in [0.1, 0.15) is 66.0 Å². The molecule has 146 valence electrons. The lowest BCUT2D eigenvalue weighted by Gasteiger charge is -2.31. The van der Waals surface area contributed by atoms with E-state index in [1.165, 1.54) is 6.33 Å². The Morgan fingerprint density at radius 3 is 2.70 bits per heavy atom. The molecule has 0 atom stereocenters. The number of likely N-dealkylation sites (tertiary alicyclic amines) is 1. The number of hydrogen-bond acceptors (Lipinski definition) is 6. The Balaban J connectivity index is 1.46. The number of oxazole rings is 1. The molecule has 3 rings (SSSR count). The Hall–Kier alpha value is -2.28. The van der Waals surface area contributed by atoms with Crippen LogP contribution in [0, 0.1) is 19.8 Å². The molecule has 0 unspecified atom stereocenters. The molecular weight excluding hydrogens is 342 g/mol. The van der Waals surface area contributed by atoms with Gasteiger partial charge in [0, 0.05) is 12.7 Å². The van der Waals surface area contributed by atoms with E-state index in [1.54, 1.807) is 6.20 Å². The molecule has 1 aliphatic rings. The molecule has 1 N–H and O–H groups in total. The van der Waals surface area contributed by atoms with E-state index in [9.17, 15) is 4.79 Å². The molecule has 7 heteroatoms. The fourth-order valence-electron chi connectivity index (χ4n) is 3.45. The zero-order valence-electron chi connectivity index (χ0n) is 16.7. The van der Waals surface area contributed by atoms with E-state index in [0.29, 0.717) is 18.0 Å². The monoisotopic (exact) mass is 371 g/mol. The Bertz CT molecular complexity index is 759. The number of hydrogen-bond donors (Lipinski definition) is 1. The topological polar surface area (TPSA) is 84.2 Å². The van der Waals surface area contributed by atoms with Crippen molar-refractivity contribution < 1.29 is 9.21 Å². The highest BCUT2D eigenvalue weighted by molar-refractivity contribution is 5.95. The lowest BCUT2D eigenvalue weighted by Crippen LogP contribution is -2.38. The van der Waals surface area contributed by atoms with Crippen LogP contribution in [0.3, 0.4) is 0 Å². The van der Waals surface area contributed by atoms with Gasteiger partial charge in [0.25, 0.3) is 5.91 Å². The van der Waals surface area contributed by atoms with E-state index in [4.69, 9.17) is 4.42 Å². The molecule has 2 aromatic heterocycles. The first-order valence-corrected chi connectivity index (χ1v) is 9.67. The van der Waals surface area contributed by atoms with Crippen molar-refractivity contribution in [1.29, 1.82) is 0 Å². The first-order valence-electron chi connectivity index (χ1n) is 9.67. The van der Waals surface area contributed by atoms with Gasteiger partial charge >= 0.3 is 0 Å². The number of nitrogens with zero attached hydrogens (tertiary/aromatic N) is 4. The van der Waals surface area contributed by atoms with Gasteiger partial charge in [-0.15, -0.1) is 0 Å². The molecule has 0 bridgehead atoms. The Labute approximate surface area is 160 Å². The number of nitrogens with one attached hydrogen (secondary N) is 1. The predicted octanol–water partition coefficient (Wildman–Crippen LogP) is 2.85. The van der Waals surface area contributed by atoms with Crippen LogP contribution in [0.2, 0.25) is 0 Å². The van der Waals surface area contributed by atoms with E-state index in [2.05, 4.69) is 25.2 Å². The fourth-order valence-corrected chi connectivity index (χ4v) is 3.45. The van der Waals surface area contributed by atoms with Gasteiger partial charge in [-0.25, -0.2) is 15.0 Å². The Morgan fingerprint density at radius 2 is 2.07 bits per heavy atom. The van der Waals surface area contributed by atoms with Crippen molar-refractivity contribution in [2.75, 3.05) is 19.6 Å². The van der Waals surface area contributed by atoms with Gasteiger partial charge in [0.15, 0.2) is 0 Å². The second-order valence-electron chi connectivity index (χ2n) is 7.66. The summed E-state index contributed by atoms with van der Waals surface area (Å²) in [6, 6.07) is 0. The average Bonchev–Trinajstić information content (AvgIpc) is 2.98. The molecule has 1 amide bonds. The SMILES string of the molecule is Cc1nc(CN2CCC(CNC(=O)c3cncnc3C(C)C)CC2)oc1C. The lowest BCUT2D eigenvalue weighted by atomic mass is 9.96. The molecule has 1 fully saturated rings. The number of piperidine rings is 1. The largest absolute Gasteiger partial charge is 0.444 e. The van der Waals surface area contributed by atoms with Crippen molar-refractivity contribution in [1.82, 2.24) is 25.2 Å². The van der Waals surface area contributed by atoms with Crippen LogP contribution in [0.25, 0.3) is 0 Å². The molecule has 0 spiro atoms. The summed E-state index contributed by atoms with van der Waals surface area (Å²) in [5, 5.41) is 3.07. The number of carbonyl (C=O) groups excluding carboxylic acids is 1. The van der Waals surface area contributed by atoms with Crippen LogP contribution < -0.4 is 5.32 Å². The third-order valence-electron chi connectivity index (χ3n) is 5.22. The molecule has 3 heterocycles. The summed E-state index contributed by atoms with van der Waals surface area (Å²) in [6.45, 7) is 11.4. The third-order valence-corrected chi connectivity index (χ3v) is 5.22. The Morgan fingerprint density at radius 1 is 1.33 bits per heavy atom. The van der Waals surface area contributed by atoms with E-state index in [-0.39, 0.29) is 11.8 Å². The lowest BCUT2D eigenvalue weighted by molar-refractivity contribution is 0.0931. The molecule has 27 heavy (non-hydrogen) atoms. The number of aromatic nitrogens is 3. The maximum Gasteiger partial charge on any atom is 0.254 e. The van der Waals surface area contributed by atoms with Gasteiger partial charge in [0.2, 0.25) is 5.89 Å². The smallest absolute Gasteiger partial charge is 0.254 e. The van der Waals surface area contributed by atoms with Crippen LogP contribution in [0.5, 0.6) is 0 Å². The summed E-state index contributed by atoms with van der Waals surface area (Å²) in [5.74, 6) is 2.30. The van der Waals surface area contributed by atoms with E-state index >= 15 is 0 Å². The third kappa shape index (κ3) is 4.91. The van der Waals surface area contributed by atoms with Gasteiger partial charge in [-0.1, -0.05) is 13.8 Å². The van der Waals surface area contributed by atoms with Gasteiger partial charge < -0.3 is 9.73 Å². The zero-order chi connectivity index (χ0) is 19.4. The average molecular weight is 371 g/mol. The number of carbonyl (C=O) groups is 1. The summed E-state index contributed by atoms with van der Waals surface area (Å²) in [6.07, 6.45) is 5.22. The molecule has 0 aromatic carbocycles. The molecule has 0 saturated carbocycles. The summed E-state index contributed by atoms with van der Waals surface area (Å²) < 4.78 is 5.68. The van der Waals surface area contributed by atoms with Gasteiger partial charge in [0.05, 0.1) is 23.5 Å². The molecule has 1 aliphatic heterocycles. The maximum absolute atomic E-state index is 12.5. The molecule has 7 nitrogen and oxygen atoms in total. The van der Waals surface area contributed by atoms with Gasteiger partial charge in [-0.05, 0) is 51.6 Å². The molecule has 0 radical (unpaired) electrons. The van der Waals surface area contributed by atoms with Crippen molar-refractivity contribution in [2.24, 2.45) is 5.92 Å². The van der Waals surface area contributed by atoms with Crippen LogP contribution in [0.15, 0.2) is 16.9 Å². The number of amides is 1. The highest BCUT2D eigenvalue weighted by Gasteiger charge is 2.22. The first kappa shape index (κ1) is 19.5. The Kier molecular flexibility index (Phi) is 6.21. The van der Waals surface area contributed by atoms with E-state index in [1.807, 2.05) is 27.7 Å². The summed E-state index contributed by atoms with van der Waals surface area (Å²) in [5.41, 5.74) is 2.35. The second-order valence-corrected chi connectivity index (χ2v) is 7.66. The number of rotatable bonds is 6. The van der Waals surface area contributed by atoms with Crippen molar-refractivity contribution in [3.05, 3.63) is 41.1 Å². The predicted molar refractivity (Wildman–Crippen MR) is 102 cm³/mol. The van der Waals surface area contributed by atoms with Gasteiger partial charge in [-0.3, -0.25) is 9.69 Å². The van der Waals surface area contributed by atoms with Crippen molar-refractivity contribution in [3.63, 3.8) is 0 Å². The maximum atomic E-state index is 12.5. The minimum absolute atomic E-state index is 0.0764. The van der Waals surface area contributed by atoms with Gasteiger partial charge in [-0.2, -0.15) is 0 Å². The van der Waals surface area contributed by atoms with E-state index < -0.39 is 0 Å². The molecule has 0 aliphatic carbocycles. The van der Waals surface area contributed by atoms with Crippen LogP contribution >= 0.6 is 0 Å². The first-order chi connectivity index (χ1) is 12.9. The minimum atomic E-state index is -0.0764.